The van der Waals surface area contributed by atoms with Crippen LogP contribution in [0.15, 0.2) is 0 Å². The van der Waals surface area contributed by atoms with Crippen LogP contribution in [0.4, 0.5) is 0 Å². The lowest BCUT2D eigenvalue weighted by molar-refractivity contribution is -0.00373. The molecule has 0 aromatic heterocycles. The zero-order chi connectivity index (χ0) is 11.4. The second kappa shape index (κ2) is 6.02. The highest BCUT2D eigenvalue weighted by atomic mass is 15.3. The van der Waals surface area contributed by atoms with E-state index in [-0.39, 0.29) is 0 Å². The Morgan fingerprint density at radius 1 is 0.812 bits per heavy atom. The van der Waals surface area contributed by atoms with E-state index in [1.165, 1.54) is 64.7 Å². The second-order valence-electron chi connectivity index (χ2n) is 5.49. The van der Waals surface area contributed by atoms with E-state index >= 15 is 0 Å². The molecule has 1 aliphatic carbocycles. The van der Waals surface area contributed by atoms with Crippen molar-refractivity contribution in [3.05, 3.63) is 0 Å². The van der Waals surface area contributed by atoms with Crippen LogP contribution in [0.2, 0.25) is 0 Å². The third-order valence-electron chi connectivity index (χ3n) is 4.33. The van der Waals surface area contributed by atoms with Crippen molar-refractivity contribution >= 4 is 0 Å². The van der Waals surface area contributed by atoms with Gasteiger partial charge in [0, 0.05) is 25.2 Å². The number of rotatable bonds is 4. The first-order valence-corrected chi connectivity index (χ1v) is 7.35. The zero-order valence-corrected chi connectivity index (χ0v) is 11.1. The predicted molar refractivity (Wildman–Crippen MR) is 69.8 cm³/mol. The molecule has 1 aliphatic heterocycles. The average Bonchev–Trinajstić information content (AvgIpc) is 2.33. The average molecular weight is 224 g/mol. The topological polar surface area (TPSA) is 6.48 Å². The monoisotopic (exact) mass is 224 g/mol. The van der Waals surface area contributed by atoms with Gasteiger partial charge >= 0.3 is 0 Å². The number of hydrogen-bond acceptors (Lipinski definition) is 2. The lowest BCUT2D eigenvalue weighted by Crippen LogP contribution is -2.60. The zero-order valence-electron chi connectivity index (χ0n) is 11.1. The van der Waals surface area contributed by atoms with Crippen molar-refractivity contribution in [2.75, 3.05) is 26.2 Å². The summed E-state index contributed by atoms with van der Waals surface area (Å²) in [7, 11) is 0. The summed E-state index contributed by atoms with van der Waals surface area (Å²) in [6.07, 6.45) is 8.45. The number of fused-ring (bicyclic) bond motifs is 1. The highest BCUT2D eigenvalue weighted by Crippen LogP contribution is 2.30. The molecule has 1 saturated heterocycles. The van der Waals surface area contributed by atoms with Gasteiger partial charge in [-0.15, -0.1) is 0 Å². The molecule has 1 saturated carbocycles. The maximum absolute atomic E-state index is 2.77. The van der Waals surface area contributed by atoms with Crippen LogP contribution in [-0.2, 0) is 0 Å². The molecule has 0 spiro atoms. The molecular formula is C14H28N2. The molecule has 0 amide bonds. The minimum Gasteiger partial charge on any atom is -0.298 e. The molecule has 0 aromatic carbocycles. The molecule has 2 nitrogen and oxygen atoms in total. The molecule has 2 atom stereocenters. The van der Waals surface area contributed by atoms with Gasteiger partial charge in [0.25, 0.3) is 0 Å². The second-order valence-corrected chi connectivity index (χ2v) is 5.49. The van der Waals surface area contributed by atoms with Crippen LogP contribution in [0.1, 0.15) is 52.4 Å². The fraction of sp³-hybridized carbons (Fsp3) is 1.00. The van der Waals surface area contributed by atoms with E-state index in [2.05, 4.69) is 23.6 Å². The van der Waals surface area contributed by atoms with E-state index in [1.54, 1.807) is 0 Å². The molecule has 2 heteroatoms. The maximum Gasteiger partial charge on any atom is 0.0252 e. The van der Waals surface area contributed by atoms with Gasteiger partial charge in [-0.1, -0.05) is 26.7 Å². The van der Waals surface area contributed by atoms with Gasteiger partial charge in [0.05, 0.1) is 0 Å². The Hall–Kier alpha value is -0.0800. The van der Waals surface area contributed by atoms with Crippen LogP contribution in [0.25, 0.3) is 0 Å². The van der Waals surface area contributed by atoms with Crippen molar-refractivity contribution < 1.29 is 0 Å². The standard InChI is InChI=1S/C14H28N2/c1-3-9-15-11-12-16(10-4-2)14-8-6-5-7-13(14)15/h13-14H,3-12H2,1-2H3/t13-,14-/m0/s1. The maximum atomic E-state index is 2.77. The fourth-order valence-corrected chi connectivity index (χ4v) is 3.66. The number of piperazine rings is 1. The van der Waals surface area contributed by atoms with Gasteiger partial charge in [-0.3, -0.25) is 9.80 Å². The smallest absolute Gasteiger partial charge is 0.0252 e. The Morgan fingerprint density at radius 3 is 1.62 bits per heavy atom. The molecule has 94 valence electrons. The van der Waals surface area contributed by atoms with E-state index in [0.29, 0.717) is 0 Å². The van der Waals surface area contributed by atoms with Crippen molar-refractivity contribution in [3.63, 3.8) is 0 Å². The van der Waals surface area contributed by atoms with Gasteiger partial charge in [-0.25, -0.2) is 0 Å². The summed E-state index contributed by atoms with van der Waals surface area (Å²) in [5.74, 6) is 0. The highest BCUT2D eigenvalue weighted by molar-refractivity contribution is 4.93. The van der Waals surface area contributed by atoms with E-state index in [0.717, 1.165) is 12.1 Å². The van der Waals surface area contributed by atoms with Crippen molar-refractivity contribution in [1.29, 1.82) is 0 Å². The minimum absolute atomic E-state index is 0.883. The molecule has 2 fully saturated rings. The fourth-order valence-electron chi connectivity index (χ4n) is 3.66. The number of nitrogens with zero attached hydrogens (tertiary/aromatic N) is 2. The van der Waals surface area contributed by atoms with E-state index in [9.17, 15) is 0 Å². The van der Waals surface area contributed by atoms with Crippen LogP contribution in [0.3, 0.4) is 0 Å². The first kappa shape index (κ1) is 12.4. The van der Waals surface area contributed by atoms with Gasteiger partial charge in [-0.05, 0) is 38.8 Å². The van der Waals surface area contributed by atoms with E-state index in [1.807, 2.05) is 0 Å². The Morgan fingerprint density at radius 2 is 1.25 bits per heavy atom. The molecule has 16 heavy (non-hydrogen) atoms. The van der Waals surface area contributed by atoms with Crippen molar-refractivity contribution in [2.24, 2.45) is 0 Å². The van der Waals surface area contributed by atoms with Gasteiger partial charge in [0.1, 0.15) is 0 Å². The molecule has 0 N–H and O–H groups in total. The first-order valence-electron chi connectivity index (χ1n) is 7.35. The van der Waals surface area contributed by atoms with Crippen LogP contribution in [-0.4, -0.2) is 48.1 Å². The molecule has 0 bridgehead atoms. The Balaban J connectivity index is 1.99. The third kappa shape index (κ3) is 2.60. The number of hydrogen-bond donors (Lipinski definition) is 0. The largest absolute Gasteiger partial charge is 0.298 e. The van der Waals surface area contributed by atoms with Crippen molar-refractivity contribution in [3.8, 4) is 0 Å². The van der Waals surface area contributed by atoms with Crippen LogP contribution in [0.5, 0.6) is 0 Å². The summed E-state index contributed by atoms with van der Waals surface area (Å²) >= 11 is 0. The minimum atomic E-state index is 0.883. The van der Waals surface area contributed by atoms with Gasteiger partial charge in [0.15, 0.2) is 0 Å². The Labute approximate surface area is 101 Å². The molecule has 2 aliphatic rings. The van der Waals surface area contributed by atoms with E-state index in [4.69, 9.17) is 0 Å². The van der Waals surface area contributed by atoms with Crippen molar-refractivity contribution in [2.45, 2.75) is 64.5 Å². The molecule has 0 unspecified atom stereocenters. The van der Waals surface area contributed by atoms with Crippen molar-refractivity contribution in [1.82, 2.24) is 9.80 Å². The summed E-state index contributed by atoms with van der Waals surface area (Å²) < 4.78 is 0. The molecular weight excluding hydrogens is 196 g/mol. The lowest BCUT2D eigenvalue weighted by atomic mass is 9.86. The molecule has 2 rings (SSSR count). The Kier molecular flexibility index (Phi) is 4.66. The summed E-state index contributed by atoms with van der Waals surface area (Å²) in [5, 5.41) is 0. The van der Waals surface area contributed by atoms with Crippen LogP contribution >= 0.6 is 0 Å². The third-order valence-corrected chi connectivity index (χ3v) is 4.33. The summed E-state index contributed by atoms with van der Waals surface area (Å²) in [6.45, 7) is 9.90. The summed E-state index contributed by atoms with van der Waals surface area (Å²) in [4.78, 5) is 5.55. The van der Waals surface area contributed by atoms with Gasteiger partial charge in [0.2, 0.25) is 0 Å². The summed E-state index contributed by atoms with van der Waals surface area (Å²) in [6, 6.07) is 1.77. The Bertz CT molecular complexity index is 183. The lowest BCUT2D eigenvalue weighted by Gasteiger charge is -2.50. The van der Waals surface area contributed by atoms with Crippen LogP contribution in [0, 0.1) is 0 Å². The molecule has 0 radical (unpaired) electrons. The highest BCUT2D eigenvalue weighted by Gasteiger charge is 2.36. The van der Waals surface area contributed by atoms with Gasteiger partial charge in [-0.2, -0.15) is 0 Å². The summed E-state index contributed by atoms with van der Waals surface area (Å²) in [5.41, 5.74) is 0. The first-order chi connectivity index (χ1) is 7.86. The molecule has 1 heterocycles. The quantitative estimate of drug-likeness (QED) is 0.724. The molecule has 0 aromatic rings. The SMILES string of the molecule is CCCN1CCN(CCC)[C@H]2CCCC[C@@H]21. The van der Waals surface area contributed by atoms with Gasteiger partial charge < -0.3 is 0 Å². The van der Waals surface area contributed by atoms with Crippen LogP contribution < -0.4 is 0 Å². The van der Waals surface area contributed by atoms with E-state index < -0.39 is 0 Å². The predicted octanol–water partition coefficient (Wildman–Crippen LogP) is 2.74. The normalized spacial score (nSPS) is 32.6.